The number of hydrogen-bond acceptors (Lipinski definition) is 8. The standard InChI is InChI=1S/C21H20O8/c1-23-15-6-13(7-17-20(15)28-11-26-17)4-3-5-25-19(22)10-14-8-16(24-2)21-18(9-14)27-12-29-21/h3-4,6-9H,5,10-12H2,1-2H3. The second kappa shape index (κ2) is 8.22. The van der Waals surface area contributed by atoms with Crippen LogP contribution < -0.4 is 28.4 Å². The molecule has 0 fully saturated rings. The van der Waals surface area contributed by atoms with Crippen LogP contribution in [0.4, 0.5) is 0 Å². The molecule has 152 valence electrons. The maximum Gasteiger partial charge on any atom is 0.310 e. The van der Waals surface area contributed by atoms with Gasteiger partial charge < -0.3 is 33.2 Å². The maximum atomic E-state index is 12.2. The summed E-state index contributed by atoms with van der Waals surface area (Å²) < 4.78 is 37.3. The molecule has 0 N–H and O–H groups in total. The summed E-state index contributed by atoms with van der Waals surface area (Å²) in [6, 6.07) is 7.15. The summed E-state index contributed by atoms with van der Waals surface area (Å²) in [6.07, 6.45) is 3.66. The van der Waals surface area contributed by atoms with Crippen LogP contribution in [0.3, 0.4) is 0 Å². The summed E-state index contributed by atoms with van der Waals surface area (Å²) in [5.41, 5.74) is 1.57. The lowest BCUT2D eigenvalue weighted by atomic mass is 10.1. The van der Waals surface area contributed by atoms with Gasteiger partial charge in [-0.2, -0.15) is 0 Å². The van der Waals surface area contributed by atoms with Gasteiger partial charge in [0, 0.05) is 0 Å². The molecule has 29 heavy (non-hydrogen) atoms. The van der Waals surface area contributed by atoms with Gasteiger partial charge in [0.2, 0.25) is 25.1 Å². The van der Waals surface area contributed by atoms with Gasteiger partial charge >= 0.3 is 5.97 Å². The van der Waals surface area contributed by atoms with E-state index in [-0.39, 0.29) is 32.6 Å². The van der Waals surface area contributed by atoms with Gasteiger partial charge in [0.15, 0.2) is 23.0 Å². The average Bonchev–Trinajstić information content (AvgIpc) is 3.39. The highest BCUT2D eigenvalue weighted by atomic mass is 16.7. The molecule has 0 aromatic heterocycles. The third-order valence-electron chi connectivity index (χ3n) is 4.40. The number of hydrogen-bond donors (Lipinski definition) is 0. The van der Waals surface area contributed by atoms with Crippen molar-refractivity contribution in [2.24, 2.45) is 0 Å². The van der Waals surface area contributed by atoms with E-state index in [4.69, 9.17) is 33.2 Å². The Kier molecular flexibility index (Phi) is 5.33. The molecule has 2 heterocycles. The molecule has 0 unspecified atom stereocenters. The van der Waals surface area contributed by atoms with Crippen molar-refractivity contribution in [3.05, 3.63) is 41.5 Å². The Hall–Kier alpha value is -3.55. The quantitative estimate of drug-likeness (QED) is 0.656. The van der Waals surface area contributed by atoms with Crippen molar-refractivity contribution in [1.29, 1.82) is 0 Å². The molecule has 0 aliphatic carbocycles. The van der Waals surface area contributed by atoms with Crippen molar-refractivity contribution in [2.45, 2.75) is 6.42 Å². The van der Waals surface area contributed by atoms with Crippen molar-refractivity contribution >= 4 is 12.0 Å². The number of fused-ring (bicyclic) bond motifs is 2. The summed E-state index contributed by atoms with van der Waals surface area (Å²) in [6.45, 7) is 0.438. The van der Waals surface area contributed by atoms with Crippen LogP contribution in [-0.2, 0) is 16.0 Å². The van der Waals surface area contributed by atoms with E-state index in [1.54, 1.807) is 25.3 Å². The molecule has 0 amide bonds. The first-order valence-corrected chi connectivity index (χ1v) is 8.94. The van der Waals surface area contributed by atoms with Crippen LogP contribution in [0.15, 0.2) is 30.3 Å². The van der Waals surface area contributed by atoms with Crippen molar-refractivity contribution in [3.8, 4) is 34.5 Å². The van der Waals surface area contributed by atoms with Crippen LogP contribution in [0.2, 0.25) is 0 Å². The van der Waals surface area contributed by atoms with Crippen LogP contribution >= 0.6 is 0 Å². The molecule has 2 aliphatic rings. The van der Waals surface area contributed by atoms with E-state index in [9.17, 15) is 4.79 Å². The first-order chi connectivity index (χ1) is 14.2. The first-order valence-electron chi connectivity index (χ1n) is 8.94. The van der Waals surface area contributed by atoms with Gasteiger partial charge in [-0.1, -0.05) is 6.08 Å². The molecule has 0 atom stereocenters. The van der Waals surface area contributed by atoms with Gasteiger partial charge in [0.05, 0.1) is 20.6 Å². The first kappa shape index (κ1) is 18.8. The zero-order chi connectivity index (χ0) is 20.2. The van der Waals surface area contributed by atoms with Crippen molar-refractivity contribution in [1.82, 2.24) is 0 Å². The number of ether oxygens (including phenoxy) is 7. The van der Waals surface area contributed by atoms with Crippen LogP contribution in [0.25, 0.3) is 6.08 Å². The SMILES string of the molecule is COc1cc(C=CCOC(=O)Cc2cc(OC)c3c(c2)OCO3)cc2c1OCO2. The monoisotopic (exact) mass is 400 g/mol. The molecule has 2 aromatic carbocycles. The van der Waals surface area contributed by atoms with Crippen LogP contribution in [-0.4, -0.2) is 40.4 Å². The fourth-order valence-corrected chi connectivity index (χ4v) is 3.08. The van der Waals surface area contributed by atoms with E-state index < -0.39 is 0 Å². The molecular weight excluding hydrogens is 380 g/mol. The van der Waals surface area contributed by atoms with E-state index in [1.165, 1.54) is 7.11 Å². The molecule has 0 radical (unpaired) electrons. The fourth-order valence-electron chi connectivity index (χ4n) is 3.08. The maximum absolute atomic E-state index is 12.2. The number of methoxy groups -OCH3 is 2. The molecule has 2 aromatic rings. The van der Waals surface area contributed by atoms with Gasteiger partial charge in [-0.3, -0.25) is 4.79 Å². The highest BCUT2D eigenvalue weighted by molar-refractivity contribution is 5.74. The van der Waals surface area contributed by atoms with Gasteiger partial charge in [0.1, 0.15) is 6.61 Å². The van der Waals surface area contributed by atoms with Gasteiger partial charge in [-0.15, -0.1) is 0 Å². The molecule has 0 saturated heterocycles. The van der Waals surface area contributed by atoms with E-state index >= 15 is 0 Å². The molecule has 0 saturated carbocycles. The highest BCUT2D eigenvalue weighted by Crippen LogP contribution is 2.43. The van der Waals surface area contributed by atoms with Crippen LogP contribution in [0, 0.1) is 0 Å². The van der Waals surface area contributed by atoms with Gasteiger partial charge in [0.25, 0.3) is 0 Å². The molecular formula is C21H20O8. The van der Waals surface area contributed by atoms with E-state index in [0.717, 1.165) is 11.1 Å². The smallest absolute Gasteiger partial charge is 0.310 e. The van der Waals surface area contributed by atoms with Crippen LogP contribution in [0.1, 0.15) is 11.1 Å². The highest BCUT2D eigenvalue weighted by Gasteiger charge is 2.21. The summed E-state index contributed by atoms with van der Waals surface area (Å²) in [5.74, 6) is 3.08. The summed E-state index contributed by atoms with van der Waals surface area (Å²) >= 11 is 0. The zero-order valence-corrected chi connectivity index (χ0v) is 16.1. The number of carbonyl (C=O) groups is 1. The van der Waals surface area contributed by atoms with Crippen molar-refractivity contribution in [3.63, 3.8) is 0 Å². The predicted molar refractivity (Wildman–Crippen MR) is 102 cm³/mol. The molecule has 2 aliphatic heterocycles. The lowest BCUT2D eigenvalue weighted by Crippen LogP contribution is -2.08. The number of carbonyl (C=O) groups excluding carboxylic acids is 1. The third-order valence-corrected chi connectivity index (χ3v) is 4.40. The second-order valence-corrected chi connectivity index (χ2v) is 6.25. The number of esters is 1. The Balaban J connectivity index is 1.34. The molecule has 0 spiro atoms. The van der Waals surface area contributed by atoms with Crippen molar-refractivity contribution in [2.75, 3.05) is 34.4 Å². The van der Waals surface area contributed by atoms with Crippen molar-refractivity contribution < 1.29 is 38.0 Å². The topological polar surface area (TPSA) is 81.7 Å². The third kappa shape index (κ3) is 4.01. The lowest BCUT2D eigenvalue weighted by Gasteiger charge is -2.08. The van der Waals surface area contributed by atoms with Crippen LogP contribution in [0.5, 0.6) is 34.5 Å². The summed E-state index contributed by atoms with van der Waals surface area (Å²) in [7, 11) is 3.10. The minimum absolute atomic E-state index is 0.0959. The summed E-state index contributed by atoms with van der Waals surface area (Å²) in [5, 5.41) is 0. The Labute approximate surface area is 167 Å². The second-order valence-electron chi connectivity index (χ2n) is 6.25. The molecule has 4 rings (SSSR count). The van der Waals surface area contributed by atoms with E-state index in [1.807, 2.05) is 18.2 Å². The zero-order valence-electron chi connectivity index (χ0n) is 16.1. The largest absolute Gasteiger partial charge is 0.493 e. The molecule has 8 heteroatoms. The Morgan fingerprint density at radius 3 is 2.28 bits per heavy atom. The van der Waals surface area contributed by atoms with E-state index in [2.05, 4.69) is 0 Å². The predicted octanol–water partition coefficient (Wildman–Crippen LogP) is 2.96. The Bertz CT molecular complexity index is 950. The minimum Gasteiger partial charge on any atom is -0.493 e. The summed E-state index contributed by atoms with van der Waals surface area (Å²) in [4.78, 5) is 12.2. The Morgan fingerprint density at radius 1 is 0.931 bits per heavy atom. The lowest BCUT2D eigenvalue weighted by molar-refractivity contribution is -0.141. The normalized spacial score (nSPS) is 13.6. The van der Waals surface area contributed by atoms with Gasteiger partial charge in [-0.05, 0) is 41.5 Å². The fraction of sp³-hybridized carbons (Fsp3) is 0.286. The van der Waals surface area contributed by atoms with E-state index in [0.29, 0.717) is 34.5 Å². The molecule has 0 bridgehead atoms. The number of benzene rings is 2. The minimum atomic E-state index is -0.362. The molecule has 8 nitrogen and oxygen atoms in total. The number of rotatable bonds is 7. The average molecular weight is 400 g/mol. The Morgan fingerprint density at radius 2 is 1.59 bits per heavy atom. The van der Waals surface area contributed by atoms with Gasteiger partial charge in [-0.25, -0.2) is 0 Å².